The lowest BCUT2D eigenvalue weighted by molar-refractivity contribution is -0.141. The molecule has 4 nitrogen and oxygen atoms in total. The van der Waals surface area contributed by atoms with Crippen molar-refractivity contribution in [1.29, 1.82) is 5.26 Å². The molecule has 0 radical (unpaired) electrons. The van der Waals surface area contributed by atoms with Gasteiger partial charge < -0.3 is 10.1 Å². The summed E-state index contributed by atoms with van der Waals surface area (Å²) >= 11 is 0. The zero-order chi connectivity index (χ0) is 15.7. The molecule has 1 N–H and O–H groups in total. The zero-order valence-corrected chi connectivity index (χ0v) is 11.9. The fourth-order valence-electron chi connectivity index (χ4n) is 3.35. The molecule has 3 rings (SSSR count). The Kier molecular flexibility index (Phi) is 3.96. The molecule has 0 spiro atoms. The Hall–Kier alpha value is -1.81. The molecule has 3 atom stereocenters. The monoisotopic (exact) mass is 311 g/mol. The van der Waals surface area contributed by atoms with Crippen molar-refractivity contribution in [3.05, 3.63) is 23.4 Å². The minimum absolute atomic E-state index is 0.00401. The smallest absolute Gasteiger partial charge is 0.378 e. The highest BCUT2D eigenvalue weighted by molar-refractivity contribution is 5.53. The Balaban J connectivity index is 1.86. The van der Waals surface area contributed by atoms with E-state index in [1.807, 2.05) is 6.07 Å². The molecule has 2 fully saturated rings. The van der Waals surface area contributed by atoms with E-state index in [1.54, 1.807) is 0 Å². The Morgan fingerprint density at radius 2 is 2.09 bits per heavy atom. The van der Waals surface area contributed by atoms with Gasteiger partial charge in [-0.05, 0) is 37.8 Å². The minimum atomic E-state index is -4.52. The molecule has 118 valence electrons. The number of pyridine rings is 1. The number of fused-ring (bicyclic) bond motifs is 1. The summed E-state index contributed by atoms with van der Waals surface area (Å²) < 4.78 is 44.1. The normalized spacial score (nSPS) is 28.0. The Morgan fingerprint density at radius 1 is 1.27 bits per heavy atom. The van der Waals surface area contributed by atoms with E-state index >= 15 is 0 Å². The van der Waals surface area contributed by atoms with Gasteiger partial charge in [0.2, 0.25) is 0 Å². The van der Waals surface area contributed by atoms with Crippen LogP contribution in [0.1, 0.15) is 36.9 Å². The first kappa shape index (κ1) is 15.1. The number of aromatic nitrogens is 1. The van der Waals surface area contributed by atoms with Crippen LogP contribution in [0.3, 0.4) is 0 Å². The van der Waals surface area contributed by atoms with Crippen molar-refractivity contribution in [3.63, 3.8) is 0 Å². The van der Waals surface area contributed by atoms with Gasteiger partial charge in [-0.2, -0.15) is 18.4 Å². The average Bonchev–Trinajstić information content (AvgIpc) is 2.96. The van der Waals surface area contributed by atoms with Crippen LogP contribution in [-0.4, -0.2) is 23.7 Å². The zero-order valence-electron chi connectivity index (χ0n) is 11.9. The lowest BCUT2D eigenvalue weighted by atomic mass is 9.82. The van der Waals surface area contributed by atoms with Crippen LogP contribution in [0.2, 0.25) is 0 Å². The summed E-state index contributed by atoms with van der Waals surface area (Å²) in [7, 11) is 0. The van der Waals surface area contributed by atoms with Gasteiger partial charge in [-0.25, -0.2) is 4.98 Å². The topological polar surface area (TPSA) is 57.9 Å². The van der Waals surface area contributed by atoms with Crippen molar-refractivity contribution in [2.24, 2.45) is 5.92 Å². The number of nitrogens with one attached hydrogen (secondary N) is 1. The maximum Gasteiger partial charge on any atom is 0.433 e. The first-order valence-corrected chi connectivity index (χ1v) is 7.35. The maximum atomic E-state index is 12.8. The summed E-state index contributed by atoms with van der Waals surface area (Å²) in [5, 5.41) is 12.2. The molecule has 0 aromatic carbocycles. The quantitative estimate of drug-likeness (QED) is 0.910. The molecule has 0 bridgehead atoms. The van der Waals surface area contributed by atoms with Gasteiger partial charge in [-0.3, -0.25) is 0 Å². The highest BCUT2D eigenvalue weighted by atomic mass is 19.4. The molecule has 2 aliphatic rings. The van der Waals surface area contributed by atoms with E-state index in [1.165, 1.54) is 6.07 Å². The summed E-state index contributed by atoms with van der Waals surface area (Å²) in [6.45, 7) is 0.689. The molecule has 2 heterocycles. The van der Waals surface area contributed by atoms with E-state index in [2.05, 4.69) is 10.3 Å². The maximum absolute atomic E-state index is 12.8. The molecular weight excluding hydrogens is 295 g/mol. The molecule has 1 saturated carbocycles. The molecule has 1 aromatic heterocycles. The van der Waals surface area contributed by atoms with Gasteiger partial charge in [0.15, 0.2) is 0 Å². The second-order valence-electron chi connectivity index (χ2n) is 5.75. The lowest BCUT2D eigenvalue weighted by Crippen LogP contribution is -2.38. The molecule has 7 heteroatoms. The molecule has 0 amide bonds. The van der Waals surface area contributed by atoms with Crippen LogP contribution < -0.4 is 5.32 Å². The summed E-state index contributed by atoms with van der Waals surface area (Å²) in [5.74, 6) is 0.298. The Bertz CT molecular complexity index is 597. The average molecular weight is 311 g/mol. The third kappa shape index (κ3) is 2.88. The van der Waals surface area contributed by atoms with Crippen molar-refractivity contribution in [3.8, 4) is 6.07 Å². The van der Waals surface area contributed by atoms with Crippen molar-refractivity contribution in [2.45, 2.75) is 44.0 Å². The Morgan fingerprint density at radius 3 is 2.82 bits per heavy atom. The largest absolute Gasteiger partial charge is 0.433 e. The van der Waals surface area contributed by atoms with Crippen LogP contribution in [-0.2, 0) is 10.9 Å². The van der Waals surface area contributed by atoms with Gasteiger partial charge in [-0.1, -0.05) is 0 Å². The van der Waals surface area contributed by atoms with Crippen LogP contribution in [0, 0.1) is 17.2 Å². The molecule has 22 heavy (non-hydrogen) atoms. The summed E-state index contributed by atoms with van der Waals surface area (Å²) in [5.41, 5.74) is -0.849. The van der Waals surface area contributed by atoms with Crippen LogP contribution in [0.25, 0.3) is 0 Å². The van der Waals surface area contributed by atoms with Crippen molar-refractivity contribution in [2.75, 3.05) is 11.9 Å². The second kappa shape index (κ2) is 5.76. The second-order valence-corrected chi connectivity index (χ2v) is 5.75. The fraction of sp³-hybridized carbons (Fsp3) is 0.600. The molecule has 3 unspecified atom stereocenters. The number of rotatable bonds is 2. The highest BCUT2D eigenvalue weighted by Gasteiger charge is 2.38. The van der Waals surface area contributed by atoms with Gasteiger partial charge >= 0.3 is 6.18 Å². The Labute approximate surface area is 126 Å². The van der Waals surface area contributed by atoms with E-state index < -0.39 is 11.9 Å². The number of hydrogen-bond acceptors (Lipinski definition) is 4. The van der Waals surface area contributed by atoms with Crippen LogP contribution in [0.4, 0.5) is 19.0 Å². The number of ether oxygens (including phenoxy) is 1. The van der Waals surface area contributed by atoms with Crippen molar-refractivity contribution >= 4 is 5.82 Å². The number of anilines is 1. The van der Waals surface area contributed by atoms with E-state index in [9.17, 15) is 13.2 Å². The first-order chi connectivity index (χ1) is 10.5. The standard InChI is InChI=1S/C15H16F3N3O/c16-15(17,18)13-5-4-9(8-19)14(21-13)20-11-2-1-3-12-10(11)6-7-22-12/h4-5,10-12H,1-3,6-7H2,(H,20,21). The van der Waals surface area contributed by atoms with Crippen LogP contribution in [0.5, 0.6) is 0 Å². The number of halogens is 3. The molecule has 1 aliphatic heterocycles. The van der Waals surface area contributed by atoms with Gasteiger partial charge in [0.1, 0.15) is 17.6 Å². The third-order valence-electron chi connectivity index (χ3n) is 4.41. The molecule has 1 saturated heterocycles. The lowest BCUT2D eigenvalue weighted by Gasteiger charge is -2.33. The predicted molar refractivity (Wildman–Crippen MR) is 73.1 cm³/mol. The number of nitrogens with zero attached hydrogens (tertiary/aromatic N) is 2. The van der Waals surface area contributed by atoms with E-state index in [0.717, 1.165) is 31.7 Å². The van der Waals surface area contributed by atoms with Gasteiger partial charge in [0.25, 0.3) is 0 Å². The first-order valence-electron chi connectivity index (χ1n) is 7.35. The molecule has 1 aliphatic carbocycles. The predicted octanol–water partition coefficient (Wildman–Crippen LogP) is 3.34. The summed E-state index contributed by atoms with van der Waals surface area (Å²) in [6, 6.07) is 3.91. The third-order valence-corrected chi connectivity index (χ3v) is 4.41. The number of hydrogen-bond donors (Lipinski definition) is 1. The van der Waals surface area contributed by atoms with Gasteiger partial charge in [0, 0.05) is 18.6 Å². The molecular formula is C15H16F3N3O. The van der Waals surface area contributed by atoms with E-state index in [4.69, 9.17) is 10.00 Å². The van der Waals surface area contributed by atoms with Crippen LogP contribution >= 0.6 is 0 Å². The van der Waals surface area contributed by atoms with Crippen molar-refractivity contribution < 1.29 is 17.9 Å². The summed E-state index contributed by atoms with van der Waals surface area (Å²) in [4.78, 5) is 3.62. The highest BCUT2D eigenvalue weighted by Crippen LogP contribution is 2.36. The number of alkyl halides is 3. The SMILES string of the molecule is N#Cc1ccc(C(F)(F)F)nc1NC1CCCC2OCCC12. The number of nitriles is 1. The fourth-order valence-corrected chi connectivity index (χ4v) is 3.35. The molecule has 1 aromatic rings. The van der Waals surface area contributed by atoms with Gasteiger partial charge in [0.05, 0.1) is 11.7 Å². The van der Waals surface area contributed by atoms with Gasteiger partial charge in [-0.15, -0.1) is 0 Å². The van der Waals surface area contributed by atoms with Crippen molar-refractivity contribution in [1.82, 2.24) is 4.98 Å². The van der Waals surface area contributed by atoms with E-state index in [-0.39, 0.29) is 29.4 Å². The minimum Gasteiger partial charge on any atom is -0.378 e. The van der Waals surface area contributed by atoms with E-state index in [0.29, 0.717) is 6.61 Å². The summed E-state index contributed by atoms with van der Waals surface area (Å²) in [6.07, 6.45) is -0.654. The van der Waals surface area contributed by atoms with Crippen LogP contribution in [0.15, 0.2) is 12.1 Å².